The quantitative estimate of drug-likeness (QED) is 0.623. The number of nitrogens with zero attached hydrogens (tertiary/aromatic N) is 1. The van der Waals surface area contributed by atoms with Crippen LogP contribution < -0.4 is 0 Å². The molecule has 0 unspecified atom stereocenters. The Morgan fingerprint density at radius 3 is 2.95 bits per heavy atom. The second-order valence-electron chi connectivity index (χ2n) is 3.61. The highest BCUT2D eigenvalue weighted by molar-refractivity contribution is 6.01. The van der Waals surface area contributed by atoms with Crippen LogP contribution in [0.3, 0.4) is 0 Å². The Morgan fingerprint density at radius 1 is 1.47 bits per heavy atom. The van der Waals surface area contributed by atoms with E-state index in [-0.39, 0.29) is 12.3 Å². The first-order valence-corrected chi connectivity index (χ1v) is 5.52. The molecule has 19 heavy (non-hydrogen) atoms. The summed E-state index contributed by atoms with van der Waals surface area (Å²) in [7, 11) is 0. The van der Waals surface area contributed by atoms with E-state index in [1.807, 2.05) is 0 Å². The van der Waals surface area contributed by atoms with Crippen LogP contribution in [0.15, 0.2) is 18.2 Å². The third-order valence-corrected chi connectivity index (χ3v) is 2.35. The Hall–Kier alpha value is -2.81. The van der Waals surface area contributed by atoms with Crippen molar-refractivity contribution >= 4 is 22.8 Å². The standard InChI is InChI=1S/C13H10N2O4/c1-2-19-11(16)6-4-8-3-5-10-9(7-8)12(13(17)18)15-14-10/h3,5,7H,2H2,1H3,(H,14,15)(H,17,18). The fourth-order valence-electron chi connectivity index (χ4n) is 1.55. The molecule has 0 bridgehead atoms. The summed E-state index contributed by atoms with van der Waals surface area (Å²) in [4.78, 5) is 22.0. The van der Waals surface area contributed by atoms with Crippen molar-refractivity contribution < 1.29 is 19.4 Å². The highest BCUT2D eigenvalue weighted by Gasteiger charge is 2.12. The number of aromatic nitrogens is 2. The summed E-state index contributed by atoms with van der Waals surface area (Å²) < 4.78 is 4.67. The van der Waals surface area contributed by atoms with Gasteiger partial charge < -0.3 is 9.84 Å². The van der Waals surface area contributed by atoms with Crippen molar-refractivity contribution in [1.82, 2.24) is 10.2 Å². The van der Waals surface area contributed by atoms with Crippen molar-refractivity contribution in [2.24, 2.45) is 0 Å². The van der Waals surface area contributed by atoms with E-state index in [0.717, 1.165) is 0 Å². The molecule has 1 aromatic heterocycles. The summed E-state index contributed by atoms with van der Waals surface area (Å²) >= 11 is 0. The van der Waals surface area contributed by atoms with E-state index in [2.05, 4.69) is 26.8 Å². The molecule has 1 heterocycles. The topological polar surface area (TPSA) is 92.3 Å². The number of carboxylic acid groups (broad SMARTS) is 1. The molecule has 6 heteroatoms. The first kappa shape index (κ1) is 12.6. The van der Waals surface area contributed by atoms with Crippen LogP contribution in [0.4, 0.5) is 0 Å². The van der Waals surface area contributed by atoms with Gasteiger partial charge in [-0.25, -0.2) is 9.59 Å². The first-order valence-electron chi connectivity index (χ1n) is 5.52. The Kier molecular flexibility index (Phi) is 3.48. The average molecular weight is 258 g/mol. The summed E-state index contributed by atoms with van der Waals surface area (Å²) in [6.07, 6.45) is 0. The number of nitrogens with one attached hydrogen (secondary N) is 1. The second kappa shape index (κ2) is 5.23. The lowest BCUT2D eigenvalue weighted by Gasteiger charge is -1.93. The maximum absolute atomic E-state index is 11.1. The summed E-state index contributed by atoms with van der Waals surface area (Å²) in [5, 5.41) is 15.7. The zero-order chi connectivity index (χ0) is 13.8. The number of benzene rings is 1. The van der Waals surface area contributed by atoms with Crippen LogP contribution in [0.2, 0.25) is 0 Å². The Morgan fingerprint density at radius 2 is 2.26 bits per heavy atom. The number of hydrogen-bond donors (Lipinski definition) is 2. The van der Waals surface area contributed by atoms with Gasteiger partial charge >= 0.3 is 11.9 Å². The lowest BCUT2D eigenvalue weighted by molar-refractivity contribution is -0.136. The number of aromatic amines is 1. The molecule has 0 fully saturated rings. The predicted molar refractivity (Wildman–Crippen MR) is 66.6 cm³/mol. The van der Waals surface area contributed by atoms with Crippen molar-refractivity contribution in [2.75, 3.05) is 6.61 Å². The largest absolute Gasteiger partial charge is 0.476 e. The molecule has 6 nitrogen and oxygen atoms in total. The van der Waals surface area contributed by atoms with Crippen molar-refractivity contribution in [3.8, 4) is 11.8 Å². The number of H-pyrrole nitrogens is 1. The van der Waals surface area contributed by atoms with Crippen LogP contribution in [0.5, 0.6) is 0 Å². The third kappa shape index (κ3) is 2.72. The SMILES string of the molecule is CCOC(=O)C#Cc1ccc2[nH]nc(C(=O)O)c2c1. The van der Waals surface area contributed by atoms with Gasteiger partial charge in [-0.3, -0.25) is 5.10 Å². The number of carbonyl (C=O) groups excluding carboxylic acids is 1. The van der Waals surface area contributed by atoms with Gasteiger partial charge in [0.05, 0.1) is 12.1 Å². The minimum Gasteiger partial charge on any atom is -0.476 e. The lowest BCUT2D eigenvalue weighted by Crippen LogP contribution is -1.99. The van der Waals surface area contributed by atoms with E-state index in [4.69, 9.17) is 5.11 Å². The number of fused-ring (bicyclic) bond motifs is 1. The summed E-state index contributed by atoms with van der Waals surface area (Å²) in [6, 6.07) is 4.89. The molecule has 0 aliphatic rings. The fourth-order valence-corrected chi connectivity index (χ4v) is 1.55. The molecule has 0 amide bonds. The Bertz CT molecular complexity index is 706. The molecule has 0 aliphatic heterocycles. The molecule has 2 rings (SSSR count). The van der Waals surface area contributed by atoms with E-state index in [0.29, 0.717) is 16.5 Å². The number of carbonyl (C=O) groups is 2. The van der Waals surface area contributed by atoms with E-state index < -0.39 is 11.9 Å². The zero-order valence-electron chi connectivity index (χ0n) is 10.1. The van der Waals surface area contributed by atoms with Crippen molar-refractivity contribution in [3.63, 3.8) is 0 Å². The van der Waals surface area contributed by atoms with Gasteiger partial charge in [0.1, 0.15) is 0 Å². The smallest absolute Gasteiger partial charge is 0.384 e. The number of carboxylic acids is 1. The van der Waals surface area contributed by atoms with Crippen molar-refractivity contribution in [1.29, 1.82) is 0 Å². The van der Waals surface area contributed by atoms with Gasteiger partial charge in [-0.2, -0.15) is 5.10 Å². The second-order valence-corrected chi connectivity index (χ2v) is 3.61. The van der Waals surface area contributed by atoms with Gasteiger partial charge in [0.25, 0.3) is 0 Å². The van der Waals surface area contributed by atoms with Gasteiger partial charge in [-0.15, -0.1) is 0 Å². The summed E-state index contributed by atoms with van der Waals surface area (Å²) in [5.74, 6) is 3.19. The minimum absolute atomic E-state index is 0.0743. The highest BCUT2D eigenvalue weighted by Crippen LogP contribution is 2.17. The Labute approximate surface area is 108 Å². The maximum atomic E-state index is 11.1. The summed E-state index contributed by atoms with van der Waals surface area (Å²) in [5.41, 5.74) is 1.04. The molecule has 2 aromatic rings. The van der Waals surface area contributed by atoms with Crippen LogP contribution in [0.25, 0.3) is 10.9 Å². The first-order chi connectivity index (χ1) is 9.11. The number of hydrogen-bond acceptors (Lipinski definition) is 4. The van der Waals surface area contributed by atoms with E-state index in [1.165, 1.54) is 0 Å². The molecular weight excluding hydrogens is 248 g/mol. The summed E-state index contributed by atoms with van der Waals surface area (Å²) in [6.45, 7) is 1.95. The lowest BCUT2D eigenvalue weighted by atomic mass is 10.1. The maximum Gasteiger partial charge on any atom is 0.384 e. The number of esters is 1. The number of rotatable bonds is 2. The van der Waals surface area contributed by atoms with Crippen LogP contribution >= 0.6 is 0 Å². The van der Waals surface area contributed by atoms with Gasteiger partial charge in [0, 0.05) is 16.9 Å². The average Bonchev–Trinajstić information content (AvgIpc) is 2.79. The molecule has 2 N–H and O–H groups in total. The number of aromatic carboxylic acids is 1. The minimum atomic E-state index is -1.12. The normalized spacial score (nSPS) is 9.74. The molecular formula is C13H10N2O4. The molecule has 0 atom stereocenters. The Balaban J connectivity index is 2.38. The fraction of sp³-hybridized carbons (Fsp3) is 0.154. The van der Waals surface area contributed by atoms with Gasteiger partial charge in [-0.1, -0.05) is 5.92 Å². The third-order valence-electron chi connectivity index (χ3n) is 2.35. The van der Waals surface area contributed by atoms with Crippen LogP contribution in [-0.4, -0.2) is 33.8 Å². The van der Waals surface area contributed by atoms with E-state index in [9.17, 15) is 9.59 Å². The molecule has 96 valence electrons. The van der Waals surface area contributed by atoms with E-state index >= 15 is 0 Å². The molecule has 0 aliphatic carbocycles. The van der Waals surface area contributed by atoms with Crippen molar-refractivity contribution in [3.05, 3.63) is 29.5 Å². The molecule has 0 spiro atoms. The highest BCUT2D eigenvalue weighted by atomic mass is 16.5. The van der Waals surface area contributed by atoms with Gasteiger partial charge in [-0.05, 0) is 25.1 Å². The molecule has 1 aromatic carbocycles. The van der Waals surface area contributed by atoms with Crippen LogP contribution in [0.1, 0.15) is 23.0 Å². The molecule has 0 radical (unpaired) electrons. The van der Waals surface area contributed by atoms with Crippen LogP contribution in [-0.2, 0) is 9.53 Å². The van der Waals surface area contributed by atoms with Gasteiger partial charge in [0.15, 0.2) is 5.69 Å². The zero-order valence-corrected chi connectivity index (χ0v) is 10.1. The number of ether oxygens (including phenoxy) is 1. The van der Waals surface area contributed by atoms with Crippen molar-refractivity contribution in [2.45, 2.75) is 6.92 Å². The molecule has 0 saturated carbocycles. The van der Waals surface area contributed by atoms with E-state index in [1.54, 1.807) is 25.1 Å². The van der Waals surface area contributed by atoms with Gasteiger partial charge in [0.2, 0.25) is 0 Å². The van der Waals surface area contributed by atoms with Crippen LogP contribution in [0, 0.1) is 11.8 Å². The molecule has 0 saturated heterocycles. The monoisotopic (exact) mass is 258 g/mol. The predicted octanol–water partition coefficient (Wildman–Crippen LogP) is 1.18.